The Labute approximate surface area is 67.8 Å². The highest BCUT2D eigenvalue weighted by Gasteiger charge is 2.56. The van der Waals surface area contributed by atoms with E-state index < -0.39 is 0 Å². The lowest BCUT2D eigenvalue weighted by Gasteiger charge is -2.23. The average molecular weight is 150 g/mol. The first kappa shape index (κ1) is 7.18. The van der Waals surface area contributed by atoms with Crippen LogP contribution in [0.15, 0.2) is 0 Å². The van der Waals surface area contributed by atoms with Crippen molar-refractivity contribution in [2.45, 2.75) is 37.7 Å². The summed E-state index contributed by atoms with van der Waals surface area (Å²) in [6.45, 7) is 0. The Morgan fingerprint density at radius 2 is 2.45 bits per heavy atom. The van der Waals surface area contributed by atoms with Gasteiger partial charge in [-0.3, -0.25) is 0 Å². The molecule has 2 rings (SSSR count). The third-order valence-corrected chi connectivity index (χ3v) is 3.26. The van der Waals surface area contributed by atoms with Crippen molar-refractivity contribution in [3.8, 4) is 12.3 Å². The maximum Gasteiger partial charge on any atom is 0.0687 e. The molecule has 0 aromatic heterocycles. The molecule has 1 N–H and O–H groups in total. The second-order valence-corrected chi connectivity index (χ2v) is 3.95. The van der Waals surface area contributed by atoms with E-state index in [-0.39, 0.29) is 5.60 Å². The summed E-state index contributed by atoms with van der Waals surface area (Å²) in [5, 5.41) is 10.0. The molecule has 2 aliphatic carbocycles. The normalized spacial score (nSPS) is 46.5. The van der Waals surface area contributed by atoms with Crippen LogP contribution in [-0.4, -0.2) is 10.7 Å². The van der Waals surface area contributed by atoms with E-state index in [9.17, 15) is 5.11 Å². The SMILES string of the molecule is C#CCCC1(O)CCC2CC21. The highest BCUT2D eigenvalue weighted by molar-refractivity contribution is 5.08. The molecule has 0 spiro atoms. The van der Waals surface area contributed by atoms with E-state index in [1.165, 1.54) is 12.8 Å². The lowest BCUT2D eigenvalue weighted by Crippen LogP contribution is -2.28. The highest BCUT2D eigenvalue weighted by atomic mass is 16.3. The molecule has 1 heteroatoms. The highest BCUT2D eigenvalue weighted by Crippen LogP contribution is 2.58. The smallest absolute Gasteiger partial charge is 0.0687 e. The van der Waals surface area contributed by atoms with Crippen LogP contribution in [0.3, 0.4) is 0 Å². The van der Waals surface area contributed by atoms with Gasteiger partial charge in [-0.15, -0.1) is 12.3 Å². The number of terminal acetylenes is 1. The molecule has 0 amide bonds. The molecule has 3 atom stereocenters. The zero-order chi connectivity index (χ0) is 7.90. The molecule has 1 nitrogen and oxygen atoms in total. The summed E-state index contributed by atoms with van der Waals surface area (Å²) >= 11 is 0. The van der Waals surface area contributed by atoms with Crippen LogP contribution < -0.4 is 0 Å². The Kier molecular flexibility index (Phi) is 1.47. The Balaban J connectivity index is 1.94. The number of fused-ring (bicyclic) bond motifs is 1. The second-order valence-electron chi connectivity index (χ2n) is 3.95. The van der Waals surface area contributed by atoms with Crippen LogP contribution in [0.5, 0.6) is 0 Å². The van der Waals surface area contributed by atoms with E-state index in [0.717, 1.165) is 25.2 Å². The first-order valence-corrected chi connectivity index (χ1v) is 4.42. The molecule has 0 aromatic carbocycles. The fourth-order valence-corrected chi connectivity index (χ4v) is 2.44. The van der Waals surface area contributed by atoms with E-state index >= 15 is 0 Å². The van der Waals surface area contributed by atoms with E-state index in [0.29, 0.717) is 5.92 Å². The van der Waals surface area contributed by atoms with Gasteiger partial charge in [0.15, 0.2) is 0 Å². The summed E-state index contributed by atoms with van der Waals surface area (Å²) in [5.41, 5.74) is -0.364. The number of rotatable bonds is 2. The Morgan fingerprint density at radius 3 is 2.91 bits per heavy atom. The van der Waals surface area contributed by atoms with E-state index in [2.05, 4.69) is 5.92 Å². The fraction of sp³-hybridized carbons (Fsp3) is 0.800. The van der Waals surface area contributed by atoms with Gasteiger partial charge in [0.2, 0.25) is 0 Å². The monoisotopic (exact) mass is 150 g/mol. The molecular formula is C10H14O. The molecule has 0 saturated heterocycles. The Morgan fingerprint density at radius 1 is 1.64 bits per heavy atom. The quantitative estimate of drug-likeness (QED) is 0.592. The largest absolute Gasteiger partial charge is 0.390 e. The summed E-state index contributed by atoms with van der Waals surface area (Å²) in [6.07, 6.45) is 10.2. The molecule has 0 heterocycles. The number of hydrogen-bond acceptors (Lipinski definition) is 1. The number of hydrogen-bond donors (Lipinski definition) is 1. The Bertz CT molecular complexity index is 203. The predicted molar refractivity (Wildman–Crippen MR) is 43.8 cm³/mol. The van der Waals surface area contributed by atoms with Gasteiger partial charge in [-0.25, -0.2) is 0 Å². The average Bonchev–Trinajstić information content (AvgIpc) is 2.72. The zero-order valence-electron chi connectivity index (χ0n) is 6.71. The molecule has 2 fully saturated rings. The first-order chi connectivity index (χ1) is 5.26. The molecule has 0 bridgehead atoms. The predicted octanol–water partition coefficient (Wildman–Crippen LogP) is 1.56. The molecule has 2 saturated carbocycles. The van der Waals surface area contributed by atoms with Crippen LogP contribution in [0, 0.1) is 24.2 Å². The molecule has 3 unspecified atom stereocenters. The third kappa shape index (κ3) is 1.06. The van der Waals surface area contributed by atoms with E-state index in [1.807, 2.05) is 0 Å². The Hall–Kier alpha value is -0.480. The van der Waals surface area contributed by atoms with Gasteiger partial charge in [0.05, 0.1) is 5.60 Å². The fourth-order valence-electron chi connectivity index (χ4n) is 2.44. The lowest BCUT2D eigenvalue weighted by atomic mass is 9.92. The van der Waals surface area contributed by atoms with Crippen molar-refractivity contribution >= 4 is 0 Å². The summed E-state index contributed by atoms with van der Waals surface area (Å²) in [4.78, 5) is 0. The van der Waals surface area contributed by atoms with Crippen molar-refractivity contribution in [3.63, 3.8) is 0 Å². The van der Waals surface area contributed by atoms with Crippen molar-refractivity contribution in [2.75, 3.05) is 0 Å². The van der Waals surface area contributed by atoms with Crippen molar-refractivity contribution < 1.29 is 5.11 Å². The summed E-state index contributed by atoms with van der Waals surface area (Å²) < 4.78 is 0. The molecular weight excluding hydrogens is 136 g/mol. The number of aliphatic hydroxyl groups is 1. The van der Waals surface area contributed by atoms with Crippen molar-refractivity contribution in [3.05, 3.63) is 0 Å². The van der Waals surface area contributed by atoms with Gasteiger partial charge >= 0.3 is 0 Å². The lowest BCUT2D eigenvalue weighted by molar-refractivity contribution is 0.0178. The topological polar surface area (TPSA) is 20.2 Å². The van der Waals surface area contributed by atoms with Crippen LogP contribution in [0.1, 0.15) is 32.1 Å². The van der Waals surface area contributed by atoms with E-state index in [4.69, 9.17) is 6.42 Å². The maximum absolute atomic E-state index is 10.0. The van der Waals surface area contributed by atoms with Gasteiger partial charge < -0.3 is 5.11 Å². The summed E-state index contributed by atoms with van der Waals surface area (Å²) in [6, 6.07) is 0. The zero-order valence-corrected chi connectivity index (χ0v) is 6.71. The molecule has 11 heavy (non-hydrogen) atoms. The molecule has 0 aliphatic heterocycles. The van der Waals surface area contributed by atoms with Crippen molar-refractivity contribution in [1.29, 1.82) is 0 Å². The minimum atomic E-state index is -0.364. The third-order valence-electron chi connectivity index (χ3n) is 3.26. The van der Waals surface area contributed by atoms with Crippen LogP contribution >= 0.6 is 0 Å². The van der Waals surface area contributed by atoms with Crippen LogP contribution in [-0.2, 0) is 0 Å². The van der Waals surface area contributed by atoms with Gasteiger partial charge in [0, 0.05) is 6.42 Å². The van der Waals surface area contributed by atoms with Crippen LogP contribution in [0.25, 0.3) is 0 Å². The van der Waals surface area contributed by atoms with E-state index in [1.54, 1.807) is 0 Å². The summed E-state index contributed by atoms with van der Waals surface area (Å²) in [5.74, 6) is 4.05. The summed E-state index contributed by atoms with van der Waals surface area (Å²) in [7, 11) is 0. The minimum Gasteiger partial charge on any atom is -0.390 e. The van der Waals surface area contributed by atoms with Gasteiger partial charge in [0.1, 0.15) is 0 Å². The van der Waals surface area contributed by atoms with Crippen LogP contribution in [0.2, 0.25) is 0 Å². The van der Waals surface area contributed by atoms with Gasteiger partial charge in [0.25, 0.3) is 0 Å². The van der Waals surface area contributed by atoms with Gasteiger partial charge in [-0.2, -0.15) is 0 Å². The van der Waals surface area contributed by atoms with Gasteiger partial charge in [-0.1, -0.05) is 0 Å². The van der Waals surface area contributed by atoms with Crippen LogP contribution in [0.4, 0.5) is 0 Å². The standard InChI is InChI=1S/C10H14O/c1-2-3-5-10(11)6-4-8-7-9(8)10/h1,8-9,11H,3-7H2. The molecule has 2 aliphatic rings. The van der Waals surface area contributed by atoms with Crippen molar-refractivity contribution in [2.24, 2.45) is 11.8 Å². The maximum atomic E-state index is 10.0. The molecule has 60 valence electrons. The van der Waals surface area contributed by atoms with Crippen molar-refractivity contribution in [1.82, 2.24) is 0 Å². The molecule has 0 radical (unpaired) electrons. The minimum absolute atomic E-state index is 0.364. The van der Waals surface area contributed by atoms with Gasteiger partial charge in [-0.05, 0) is 37.5 Å². The first-order valence-electron chi connectivity index (χ1n) is 4.42. The molecule has 0 aromatic rings. The second kappa shape index (κ2) is 2.25.